The van der Waals surface area contributed by atoms with Crippen LogP contribution in [-0.4, -0.2) is 18.0 Å². The molecule has 72 valence electrons. The van der Waals surface area contributed by atoms with Crippen LogP contribution >= 0.6 is 0 Å². The Labute approximate surface area is 81.6 Å². The average Bonchev–Trinajstić information content (AvgIpc) is 2.38. The molecule has 0 saturated carbocycles. The minimum absolute atomic E-state index is 0.153. The summed E-state index contributed by atoms with van der Waals surface area (Å²) in [5, 5.41) is 2.73. The molecule has 0 fully saturated rings. The number of aromatic nitrogens is 1. The Morgan fingerprint density at radius 3 is 3.21 bits per heavy atom. The number of carbonyl (C=O) groups excluding carboxylic acids is 1. The molecular weight excluding hydrogens is 180 g/mol. The minimum Gasteiger partial charge on any atom is -0.494 e. The summed E-state index contributed by atoms with van der Waals surface area (Å²) in [6, 6.07) is 3.75. The van der Waals surface area contributed by atoms with Crippen LogP contribution in [0.25, 0.3) is 5.76 Å². The third-order valence-electron chi connectivity index (χ3n) is 2.06. The number of carbonyl (C=O) groups is 1. The van der Waals surface area contributed by atoms with E-state index >= 15 is 0 Å². The molecule has 4 heteroatoms. The van der Waals surface area contributed by atoms with Gasteiger partial charge in [-0.3, -0.25) is 9.78 Å². The molecule has 1 aromatic heterocycles. The first-order chi connectivity index (χ1) is 6.81. The lowest BCUT2D eigenvalue weighted by Crippen LogP contribution is -2.18. The zero-order valence-corrected chi connectivity index (χ0v) is 7.78. The lowest BCUT2D eigenvalue weighted by molar-refractivity contribution is -0.116. The zero-order valence-electron chi connectivity index (χ0n) is 7.78. The van der Waals surface area contributed by atoms with Gasteiger partial charge in [0.1, 0.15) is 11.5 Å². The summed E-state index contributed by atoms with van der Waals surface area (Å²) in [5.41, 5.74) is 1.69. The van der Waals surface area contributed by atoms with Crippen LogP contribution in [0.5, 0.6) is 0 Å². The highest BCUT2D eigenvalue weighted by Gasteiger charge is 2.15. The Morgan fingerprint density at radius 1 is 1.57 bits per heavy atom. The molecule has 1 aliphatic rings. The van der Waals surface area contributed by atoms with Gasteiger partial charge >= 0.3 is 0 Å². The fourth-order valence-corrected chi connectivity index (χ4v) is 1.38. The summed E-state index contributed by atoms with van der Waals surface area (Å²) in [7, 11) is 1.53. The molecule has 0 unspecified atom stereocenters. The van der Waals surface area contributed by atoms with Crippen molar-refractivity contribution < 1.29 is 9.53 Å². The fraction of sp³-hybridized carbons (Fsp3) is 0.200. The standard InChI is InChI=1S/C10H10N2O2/c1-14-8-5-9(13)12-6-7-3-2-4-11-10(7)8/h2-5H,6H2,1H3,(H,12,13). The largest absolute Gasteiger partial charge is 0.494 e. The first-order valence-corrected chi connectivity index (χ1v) is 4.29. The van der Waals surface area contributed by atoms with Gasteiger partial charge in [0.15, 0.2) is 0 Å². The minimum atomic E-state index is -0.153. The molecule has 1 N–H and O–H groups in total. The zero-order chi connectivity index (χ0) is 9.97. The van der Waals surface area contributed by atoms with E-state index < -0.39 is 0 Å². The van der Waals surface area contributed by atoms with Crippen molar-refractivity contribution in [3.63, 3.8) is 0 Å². The maximum atomic E-state index is 11.2. The van der Waals surface area contributed by atoms with Crippen molar-refractivity contribution in [3.05, 3.63) is 35.7 Å². The maximum absolute atomic E-state index is 11.2. The molecule has 0 spiro atoms. The van der Waals surface area contributed by atoms with Gasteiger partial charge in [-0.2, -0.15) is 0 Å². The summed E-state index contributed by atoms with van der Waals surface area (Å²) < 4.78 is 5.11. The predicted molar refractivity (Wildman–Crippen MR) is 51.1 cm³/mol. The van der Waals surface area contributed by atoms with Crippen LogP contribution in [0.2, 0.25) is 0 Å². The molecule has 0 saturated heterocycles. The maximum Gasteiger partial charge on any atom is 0.248 e. The number of hydrogen-bond donors (Lipinski definition) is 1. The highest BCUT2D eigenvalue weighted by molar-refractivity contribution is 5.94. The van der Waals surface area contributed by atoms with Crippen molar-refractivity contribution in [1.29, 1.82) is 0 Å². The van der Waals surface area contributed by atoms with Gasteiger partial charge in [-0.05, 0) is 6.07 Å². The molecule has 0 radical (unpaired) electrons. The summed E-state index contributed by atoms with van der Waals surface area (Å²) in [6.45, 7) is 0.491. The van der Waals surface area contributed by atoms with Crippen LogP contribution in [0.15, 0.2) is 24.4 Å². The van der Waals surface area contributed by atoms with Crippen molar-refractivity contribution in [1.82, 2.24) is 10.3 Å². The quantitative estimate of drug-likeness (QED) is 0.709. The Hall–Kier alpha value is -1.84. The molecule has 14 heavy (non-hydrogen) atoms. The summed E-state index contributed by atoms with van der Waals surface area (Å²) in [5.74, 6) is 0.357. The van der Waals surface area contributed by atoms with Gasteiger partial charge in [-0.25, -0.2) is 0 Å². The molecule has 2 heterocycles. The van der Waals surface area contributed by atoms with Crippen LogP contribution < -0.4 is 5.32 Å². The molecule has 4 nitrogen and oxygen atoms in total. The van der Waals surface area contributed by atoms with E-state index in [1.54, 1.807) is 6.20 Å². The first kappa shape index (κ1) is 8.74. The van der Waals surface area contributed by atoms with Crippen molar-refractivity contribution in [2.45, 2.75) is 6.54 Å². The molecular formula is C10H10N2O2. The second kappa shape index (κ2) is 3.49. The molecule has 0 aromatic carbocycles. The molecule has 0 aliphatic carbocycles. The van der Waals surface area contributed by atoms with Crippen LogP contribution in [0.3, 0.4) is 0 Å². The number of pyridine rings is 1. The monoisotopic (exact) mass is 190 g/mol. The Kier molecular flexibility index (Phi) is 2.18. The van der Waals surface area contributed by atoms with E-state index in [1.165, 1.54) is 13.2 Å². The van der Waals surface area contributed by atoms with Gasteiger partial charge in [0.05, 0.1) is 7.11 Å². The molecule has 0 bridgehead atoms. The Balaban J connectivity index is 2.52. The van der Waals surface area contributed by atoms with E-state index in [1.807, 2.05) is 12.1 Å². The van der Waals surface area contributed by atoms with E-state index in [9.17, 15) is 4.79 Å². The Morgan fingerprint density at radius 2 is 2.43 bits per heavy atom. The van der Waals surface area contributed by atoms with Crippen molar-refractivity contribution in [3.8, 4) is 0 Å². The van der Waals surface area contributed by atoms with E-state index in [4.69, 9.17) is 4.74 Å². The SMILES string of the molecule is COC1=CC(=O)NCc2cccnc21. The van der Waals surface area contributed by atoms with Crippen LogP contribution in [0.1, 0.15) is 11.3 Å². The number of rotatable bonds is 1. The lowest BCUT2D eigenvalue weighted by Gasteiger charge is -2.06. The lowest BCUT2D eigenvalue weighted by atomic mass is 10.2. The summed E-state index contributed by atoms with van der Waals surface area (Å²) >= 11 is 0. The van der Waals surface area contributed by atoms with Gasteiger partial charge in [-0.1, -0.05) is 6.07 Å². The first-order valence-electron chi connectivity index (χ1n) is 4.29. The van der Waals surface area contributed by atoms with E-state index in [0.29, 0.717) is 12.3 Å². The van der Waals surface area contributed by atoms with Crippen molar-refractivity contribution in [2.24, 2.45) is 0 Å². The summed E-state index contributed by atoms with van der Waals surface area (Å²) in [4.78, 5) is 15.4. The molecule has 1 aromatic rings. The van der Waals surface area contributed by atoms with Gasteiger partial charge in [-0.15, -0.1) is 0 Å². The van der Waals surface area contributed by atoms with E-state index in [0.717, 1.165) is 11.3 Å². The number of amides is 1. The number of fused-ring (bicyclic) bond motifs is 1. The fourth-order valence-electron chi connectivity index (χ4n) is 1.38. The predicted octanol–water partition coefficient (Wildman–Crippen LogP) is 0.699. The number of nitrogens with one attached hydrogen (secondary N) is 1. The molecule has 0 atom stereocenters. The second-order valence-corrected chi connectivity index (χ2v) is 2.94. The second-order valence-electron chi connectivity index (χ2n) is 2.94. The smallest absolute Gasteiger partial charge is 0.248 e. The molecule has 2 rings (SSSR count). The summed E-state index contributed by atoms with van der Waals surface area (Å²) in [6.07, 6.45) is 3.10. The highest BCUT2D eigenvalue weighted by atomic mass is 16.5. The topological polar surface area (TPSA) is 51.2 Å². The highest BCUT2D eigenvalue weighted by Crippen LogP contribution is 2.18. The van der Waals surface area contributed by atoms with Gasteiger partial charge < -0.3 is 10.1 Å². The number of ether oxygens (including phenoxy) is 1. The van der Waals surface area contributed by atoms with Crippen LogP contribution in [0, 0.1) is 0 Å². The number of nitrogens with zero attached hydrogens (tertiary/aromatic N) is 1. The number of methoxy groups -OCH3 is 1. The molecule has 1 amide bonds. The van der Waals surface area contributed by atoms with Crippen molar-refractivity contribution >= 4 is 11.7 Å². The third kappa shape index (κ3) is 1.46. The normalized spacial score (nSPS) is 14.9. The van der Waals surface area contributed by atoms with Crippen LogP contribution in [0.4, 0.5) is 0 Å². The van der Waals surface area contributed by atoms with Gasteiger partial charge in [0.2, 0.25) is 5.91 Å². The van der Waals surface area contributed by atoms with E-state index in [2.05, 4.69) is 10.3 Å². The average molecular weight is 190 g/mol. The van der Waals surface area contributed by atoms with Gasteiger partial charge in [0.25, 0.3) is 0 Å². The van der Waals surface area contributed by atoms with E-state index in [-0.39, 0.29) is 5.91 Å². The third-order valence-corrected chi connectivity index (χ3v) is 2.06. The molecule has 1 aliphatic heterocycles. The number of hydrogen-bond acceptors (Lipinski definition) is 3. The van der Waals surface area contributed by atoms with Crippen LogP contribution in [-0.2, 0) is 16.1 Å². The van der Waals surface area contributed by atoms with Crippen molar-refractivity contribution in [2.75, 3.05) is 7.11 Å². The Bertz CT molecular complexity index is 399. The van der Waals surface area contributed by atoms with Gasteiger partial charge in [0, 0.05) is 24.4 Å².